The summed E-state index contributed by atoms with van der Waals surface area (Å²) in [5, 5.41) is 3.40. The van der Waals surface area contributed by atoms with Crippen LogP contribution in [0.25, 0.3) is 0 Å². The molecule has 1 aliphatic carbocycles. The number of rotatable bonds is 7. The Morgan fingerprint density at radius 3 is 2.50 bits per heavy atom. The number of hydrogen-bond donors (Lipinski definition) is 1. The average Bonchev–Trinajstić information content (AvgIpc) is 3.18. The van der Waals surface area contributed by atoms with Crippen LogP contribution in [-0.4, -0.2) is 18.6 Å². The topological polar surface area (TPSA) is 15.3 Å². The first kappa shape index (κ1) is 15.3. The van der Waals surface area contributed by atoms with E-state index < -0.39 is 0 Å². The molecule has 0 unspecified atom stereocenters. The fourth-order valence-electron chi connectivity index (χ4n) is 2.46. The van der Waals surface area contributed by atoms with E-state index in [9.17, 15) is 4.39 Å². The zero-order valence-corrected chi connectivity index (χ0v) is 13.1. The molecule has 1 aliphatic rings. The average molecular weight is 278 g/mol. The first-order chi connectivity index (χ1) is 9.47. The van der Waals surface area contributed by atoms with Crippen LogP contribution in [0, 0.1) is 11.7 Å². The maximum atomic E-state index is 13.6. The summed E-state index contributed by atoms with van der Waals surface area (Å²) in [5.41, 5.74) is 2.24. The van der Waals surface area contributed by atoms with E-state index >= 15 is 0 Å². The van der Waals surface area contributed by atoms with E-state index in [1.807, 2.05) is 6.07 Å². The molecule has 0 radical (unpaired) electrons. The van der Waals surface area contributed by atoms with Gasteiger partial charge in [0.25, 0.3) is 0 Å². The summed E-state index contributed by atoms with van der Waals surface area (Å²) in [7, 11) is 0. The first-order valence-electron chi connectivity index (χ1n) is 7.75. The van der Waals surface area contributed by atoms with E-state index in [1.165, 1.54) is 18.5 Å². The Bertz CT molecular complexity index is 439. The van der Waals surface area contributed by atoms with Crippen molar-refractivity contribution in [2.24, 2.45) is 5.92 Å². The van der Waals surface area contributed by atoms with E-state index in [1.54, 1.807) is 12.1 Å². The second-order valence-corrected chi connectivity index (χ2v) is 6.50. The van der Waals surface area contributed by atoms with Crippen LogP contribution in [0.15, 0.2) is 18.2 Å². The fourth-order valence-corrected chi connectivity index (χ4v) is 2.46. The zero-order chi connectivity index (χ0) is 14.7. The molecule has 1 aromatic rings. The Kier molecular flexibility index (Phi) is 5.03. The van der Waals surface area contributed by atoms with Crippen molar-refractivity contribution in [3.8, 4) is 0 Å². The third-order valence-corrected chi connectivity index (χ3v) is 3.83. The van der Waals surface area contributed by atoms with Crippen molar-refractivity contribution >= 4 is 5.69 Å². The molecule has 2 nitrogen and oxygen atoms in total. The summed E-state index contributed by atoms with van der Waals surface area (Å²) in [6.07, 6.45) is 2.67. The molecule has 112 valence electrons. The molecule has 0 aromatic heterocycles. The largest absolute Gasteiger partial charge is 0.369 e. The third kappa shape index (κ3) is 4.20. The van der Waals surface area contributed by atoms with Gasteiger partial charge < -0.3 is 10.2 Å². The number of hydrogen-bond acceptors (Lipinski definition) is 2. The second kappa shape index (κ2) is 6.57. The highest BCUT2D eigenvalue weighted by Crippen LogP contribution is 2.33. The van der Waals surface area contributed by atoms with Gasteiger partial charge >= 0.3 is 0 Å². The summed E-state index contributed by atoms with van der Waals surface area (Å²) in [4.78, 5) is 2.43. The maximum absolute atomic E-state index is 13.6. The van der Waals surface area contributed by atoms with Crippen LogP contribution >= 0.6 is 0 Å². The number of anilines is 1. The quantitative estimate of drug-likeness (QED) is 0.812. The van der Waals surface area contributed by atoms with E-state index in [4.69, 9.17) is 0 Å². The number of nitrogens with one attached hydrogen (secondary N) is 1. The minimum atomic E-state index is -0.149. The lowest BCUT2D eigenvalue weighted by molar-refractivity contribution is 0.575. The normalized spacial score (nSPS) is 15.2. The van der Waals surface area contributed by atoms with Gasteiger partial charge in [-0.1, -0.05) is 13.8 Å². The van der Waals surface area contributed by atoms with Gasteiger partial charge in [0, 0.05) is 30.9 Å². The summed E-state index contributed by atoms with van der Waals surface area (Å²) in [6, 6.07) is 6.04. The van der Waals surface area contributed by atoms with Gasteiger partial charge in [-0.05, 0) is 56.4 Å². The van der Waals surface area contributed by atoms with Gasteiger partial charge in [0.15, 0.2) is 0 Å². The van der Waals surface area contributed by atoms with Crippen molar-refractivity contribution in [1.82, 2.24) is 5.32 Å². The van der Waals surface area contributed by atoms with Crippen molar-refractivity contribution in [1.29, 1.82) is 0 Å². The Hall–Kier alpha value is -1.09. The monoisotopic (exact) mass is 278 g/mol. The molecule has 0 heterocycles. The molecule has 0 spiro atoms. The van der Waals surface area contributed by atoms with Crippen LogP contribution in [0.2, 0.25) is 0 Å². The van der Waals surface area contributed by atoms with Gasteiger partial charge in [-0.15, -0.1) is 0 Å². The Balaban J connectivity index is 2.21. The lowest BCUT2D eigenvalue weighted by atomic mass is 10.1. The van der Waals surface area contributed by atoms with Crippen LogP contribution in [0.1, 0.15) is 46.1 Å². The molecule has 0 atom stereocenters. The highest BCUT2D eigenvalue weighted by molar-refractivity contribution is 5.54. The predicted molar refractivity (Wildman–Crippen MR) is 83.6 cm³/mol. The van der Waals surface area contributed by atoms with Crippen LogP contribution in [0.5, 0.6) is 0 Å². The summed E-state index contributed by atoms with van der Waals surface area (Å²) >= 11 is 0. The summed E-state index contributed by atoms with van der Waals surface area (Å²) in [5.74, 6) is 0.679. The molecule has 1 N–H and O–H groups in total. The molecule has 1 aromatic carbocycles. The van der Waals surface area contributed by atoms with Crippen molar-refractivity contribution in [2.75, 3.05) is 11.4 Å². The van der Waals surface area contributed by atoms with Crippen LogP contribution < -0.4 is 10.2 Å². The number of benzene rings is 1. The lowest BCUT2D eigenvalue weighted by Crippen LogP contribution is -2.34. The smallest absolute Gasteiger partial charge is 0.123 e. The summed E-state index contributed by atoms with van der Waals surface area (Å²) in [6.45, 7) is 10.5. The Morgan fingerprint density at radius 1 is 1.25 bits per heavy atom. The van der Waals surface area contributed by atoms with Crippen molar-refractivity contribution in [3.05, 3.63) is 29.6 Å². The molecular weight excluding hydrogens is 251 g/mol. The second-order valence-electron chi connectivity index (χ2n) is 6.50. The third-order valence-electron chi connectivity index (χ3n) is 3.83. The van der Waals surface area contributed by atoms with Crippen LogP contribution in [0.3, 0.4) is 0 Å². The van der Waals surface area contributed by atoms with E-state index in [-0.39, 0.29) is 5.82 Å². The molecule has 0 amide bonds. The van der Waals surface area contributed by atoms with Crippen LogP contribution in [0.4, 0.5) is 10.1 Å². The number of nitrogens with zero attached hydrogens (tertiary/aromatic N) is 1. The number of halogens is 1. The van der Waals surface area contributed by atoms with E-state index in [0.29, 0.717) is 12.1 Å². The molecule has 0 saturated heterocycles. The van der Waals surface area contributed by atoms with Gasteiger partial charge in [0.1, 0.15) is 5.82 Å². The molecule has 0 bridgehead atoms. The summed E-state index contributed by atoms with van der Waals surface area (Å²) < 4.78 is 13.6. The van der Waals surface area contributed by atoms with Gasteiger partial charge in [0.05, 0.1) is 0 Å². The van der Waals surface area contributed by atoms with Gasteiger partial charge in [-0.25, -0.2) is 4.39 Å². The van der Waals surface area contributed by atoms with Gasteiger partial charge in [-0.2, -0.15) is 0 Å². The SMILES string of the molecule is CC(C)NCc1cc(F)ccc1N(CC1CC1)C(C)C. The molecule has 2 rings (SSSR count). The Morgan fingerprint density at radius 2 is 1.95 bits per heavy atom. The fraction of sp³-hybridized carbons (Fsp3) is 0.647. The first-order valence-corrected chi connectivity index (χ1v) is 7.75. The molecule has 3 heteroatoms. The molecule has 1 fully saturated rings. The minimum absolute atomic E-state index is 0.149. The van der Waals surface area contributed by atoms with Crippen molar-refractivity contribution in [2.45, 2.75) is 59.2 Å². The molecule has 20 heavy (non-hydrogen) atoms. The maximum Gasteiger partial charge on any atom is 0.123 e. The Labute approximate surface area is 122 Å². The van der Waals surface area contributed by atoms with E-state index in [0.717, 1.165) is 24.6 Å². The predicted octanol–water partition coefficient (Wildman–Crippen LogP) is 3.95. The van der Waals surface area contributed by atoms with Crippen molar-refractivity contribution in [3.63, 3.8) is 0 Å². The van der Waals surface area contributed by atoms with Crippen LogP contribution in [-0.2, 0) is 6.54 Å². The molecule has 1 saturated carbocycles. The van der Waals surface area contributed by atoms with E-state index in [2.05, 4.69) is 37.9 Å². The van der Waals surface area contributed by atoms with Crippen molar-refractivity contribution < 1.29 is 4.39 Å². The lowest BCUT2D eigenvalue weighted by Gasteiger charge is -2.31. The molecular formula is C17H27FN2. The molecule has 0 aliphatic heterocycles. The highest BCUT2D eigenvalue weighted by Gasteiger charge is 2.26. The minimum Gasteiger partial charge on any atom is -0.369 e. The standard InChI is InChI=1S/C17H27FN2/c1-12(2)19-10-15-9-16(18)7-8-17(15)20(13(3)4)11-14-5-6-14/h7-9,12-14,19H,5-6,10-11H2,1-4H3. The zero-order valence-electron chi connectivity index (χ0n) is 13.1. The highest BCUT2D eigenvalue weighted by atomic mass is 19.1. The van der Waals surface area contributed by atoms with Gasteiger partial charge in [-0.3, -0.25) is 0 Å². The van der Waals surface area contributed by atoms with Gasteiger partial charge in [0.2, 0.25) is 0 Å².